The molecule has 0 bridgehead atoms. The van der Waals surface area contributed by atoms with Crippen LogP contribution in [0.4, 0.5) is 0 Å². The lowest BCUT2D eigenvalue weighted by atomic mass is 9.88. The van der Waals surface area contributed by atoms with Gasteiger partial charge in [-0.2, -0.15) is 0 Å². The Hall–Kier alpha value is -2.88. The van der Waals surface area contributed by atoms with Crippen molar-refractivity contribution < 1.29 is 14.3 Å². The molecule has 0 fully saturated rings. The molecule has 1 amide bonds. The van der Waals surface area contributed by atoms with Crippen LogP contribution in [0.3, 0.4) is 0 Å². The van der Waals surface area contributed by atoms with Crippen molar-refractivity contribution in [2.24, 2.45) is 0 Å². The zero-order chi connectivity index (χ0) is 18.4. The lowest BCUT2D eigenvalue weighted by molar-refractivity contribution is -0.144. The highest BCUT2D eigenvalue weighted by molar-refractivity contribution is 5.89. The quantitative estimate of drug-likeness (QED) is 0.661. The molecule has 1 aliphatic rings. The predicted molar refractivity (Wildman–Crippen MR) is 101 cm³/mol. The van der Waals surface area contributed by atoms with Gasteiger partial charge < -0.3 is 10.1 Å². The van der Waals surface area contributed by atoms with E-state index in [1.54, 1.807) is 6.08 Å². The van der Waals surface area contributed by atoms with E-state index in [2.05, 4.69) is 17.4 Å². The van der Waals surface area contributed by atoms with Crippen molar-refractivity contribution in [3.05, 3.63) is 76.9 Å². The molecule has 1 atom stereocenters. The first kappa shape index (κ1) is 17.9. The number of rotatable bonds is 5. The van der Waals surface area contributed by atoms with Crippen molar-refractivity contribution in [3.63, 3.8) is 0 Å². The van der Waals surface area contributed by atoms with Gasteiger partial charge in [0, 0.05) is 6.08 Å². The molecular formula is C22H23NO3. The molecule has 4 nitrogen and oxygen atoms in total. The molecule has 0 heterocycles. The van der Waals surface area contributed by atoms with E-state index >= 15 is 0 Å². The summed E-state index contributed by atoms with van der Waals surface area (Å²) in [7, 11) is 0. The number of amides is 1. The van der Waals surface area contributed by atoms with Crippen LogP contribution in [-0.4, -0.2) is 18.5 Å². The summed E-state index contributed by atoms with van der Waals surface area (Å²) >= 11 is 0. The Morgan fingerprint density at radius 3 is 2.88 bits per heavy atom. The summed E-state index contributed by atoms with van der Waals surface area (Å²) in [5, 5.41) is 2.97. The van der Waals surface area contributed by atoms with Gasteiger partial charge in [-0.1, -0.05) is 54.1 Å². The number of benzene rings is 2. The zero-order valence-electron chi connectivity index (χ0n) is 14.9. The van der Waals surface area contributed by atoms with Crippen LogP contribution in [0.2, 0.25) is 0 Å². The van der Waals surface area contributed by atoms with Crippen LogP contribution >= 0.6 is 0 Å². The SMILES string of the molecule is Cc1cccc(/C=C/C(=O)OCC(=O)N[C@@H]2CCCc3ccccc32)c1. The lowest BCUT2D eigenvalue weighted by Crippen LogP contribution is -2.34. The Kier molecular flexibility index (Phi) is 5.84. The van der Waals surface area contributed by atoms with E-state index in [1.165, 1.54) is 11.6 Å². The lowest BCUT2D eigenvalue weighted by Gasteiger charge is -2.26. The number of aryl methyl sites for hydroxylation is 2. The molecule has 0 radical (unpaired) electrons. The molecular weight excluding hydrogens is 326 g/mol. The highest BCUT2D eigenvalue weighted by atomic mass is 16.5. The smallest absolute Gasteiger partial charge is 0.331 e. The fraction of sp³-hybridized carbons (Fsp3) is 0.273. The van der Waals surface area contributed by atoms with Gasteiger partial charge in [0.15, 0.2) is 6.61 Å². The Bertz CT molecular complexity index is 826. The first-order valence-corrected chi connectivity index (χ1v) is 8.90. The highest BCUT2D eigenvalue weighted by Crippen LogP contribution is 2.29. The molecule has 26 heavy (non-hydrogen) atoms. The van der Waals surface area contributed by atoms with Crippen LogP contribution in [0.15, 0.2) is 54.6 Å². The van der Waals surface area contributed by atoms with Gasteiger partial charge in [0.05, 0.1) is 6.04 Å². The largest absolute Gasteiger partial charge is 0.452 e. The number of hydrogen-bond donors (Lipinski definition) is 1. The Balaban J connectivity index is 1.49. The molecule has 4 heteroatoms. The molecule has 3 rings (SSSR count). The van der Waals surface area contributed by atoms with Crippen LogP contribution < -0.4 is 5.32 Å². The molecule has 0 saturated carbocycles. The molecule has 0 spiro atoms. The van der Waals surface area contributed by atoms with Crippen LogP contribution in [0.5, 0.6) is 0 Å². The summed E-state index contributed by atoms with van der Waals surface area (Å²) in [5.74, 6) is -0.797. The standard InChI is InChI=1S/C22H23NO3/c1-16-6-4-7-17(14-16)12-13-22(25)26-15-21(24)23-20-11-5-9-18-8-2-3-10-19(18)20/h2-4,6-8,10,12-14,20H,5,9,11,15H2,1H3,(H,23,24)/b13-12+/t20-/m1/s1. The summed E-state index contributed by atoms with van der Waals surface area (Å²) in [6.45, 7) is 1.72. The van der Waals surface area contributed by atoms with Gasteiger partial charge in [-0.25, -0.2) is 4.79 Å². The number of carbonyl (C=O) groups is 2. The predicted octanol–water partition coefficient (Wildman–Crippen LogP) is 3.75. The average molecular weight is 349 g/mol. The van der Waals surface area contributed by atoms with Crippen molar-refractivity contribution in [1.82, 2.24) is 5.32 Å². The summed E-state index contributed by atoms with van der Waals surface area (Å²) in [5.41, 5.74) is 4.48. The number of fused-ring (bicyclic) bond motifs is 1. The van der Waals surface area contributed by atoms with Crippen molar-refractivity contribution in [2.45, 2.75) is 32.2 Å². The van der Waals surface area contributed by atoms with Gasteiger partial charge in [-0.3, -0.25) is 4.79 Å². The van der Waals surface area contributed by atoms with E-state index in [0.29, 0.717) is 0 Å². The topological polar surface area (TPSA) is 55.4 Å². The van der Waals surface area contributed by atoms with E-state index in [-0.39, 0.29) is 18.6 Å². The number of ether oxygens (including phenoxy) is 1. The zero-order valence-corrected chi connectivity index (χ0v) is 14.9. The molecule has 2 aromatic carbocycles. The molecule has 0 aliphatic heterocycles. The minimum atomic E-state index is -0.522. The summed E-state index contributed by atoms with van der Waals surface area (Å²) < 4.78 is 5.05. The van der Waals surface area contributed by atoms with Gasteiger partial charge in [-0.15, -0.1) is 0 Å². The third-order valence-corrected chi connectivity index (χ3v) is 4.50. The molecule has 0 aromatic heterocycles. The Morgan fingerprint density at radius 2 is 2.04 bits per heavy atom. The first-order valence-electron chi connectivity index (χ1n) is 8.90. The second-order valence-electron chi connectivity index (χ2n) is 6.57. The van der Waals surface area contributed by atoms with Gasteiger partial charge in [0.1, 0.15) is 0 Å². The average Bonchev–Trinajstić information content (AvgIpc) is 2.65. The van der Waals surface area contributed by atoms with Crippen LogP contribution in [0.25, 0.3) is 6.08 Å². The van der Waals surface area contributed by atoms with Crippen LogP contribution in [0, 0.1) is 6.92 Å². The van der Waals surface area contributed by atoms with Crippen LogP contribution in [-0.2, 0) is 20.7 Å². The number of esters is 1. The van der Waals surface area contributed by atoms with Crippen molar-refractivity contribution in [3.8, 4) is 0 Å². The van der Waals surface area contributed by atoms with Crippen molar-refractivity contribution in [2.75, 3.05) is 6.61 Å². The highest BCUT2D eigenvalue weighted by Gasteiger charge is 2.21. The van der Waals surface area contributed by atoms with Crippen LogP contribution in [0.1, 0.15) is 41.1 Å². The maximum Gasteiger partial charge on any atom is 0.331 e. The van der Waals surface area contributed by atoms with Gasteiger partial charge >= 0.3 is 5.97 Å². The number of hydrogen-bond acceptors (Lipinski definition) is 3. The molecule has 0 unspecified atom stereocenters. The van der Waals surface area contributed by atoms with Gasteiger partial charge in [0.2, 0.25) is 0 Å². The molecule has 1 aliphatic carbocycles. The maximum atomic E-state index is 12.1. The van der Waals surface area contributed by atoms with E-state index in [4.69, 9.17) is 4.74 Å². The fourth-order valence-corrected chi connectivity index (χ4v) is 3.26. The summed E-state index contributed by atoms with van der Waals surface area (Å²) in [4.78, 5) is 23.9. The number of carbonyl (C=O) groups excluding carboxylic acids is 2. The normalized spacial score (nSPS) is 16.1. The summed E-state index contributed by atoms with van der Waals surface area (Å²) in [6.07, 6.45) is 6.02. The van der Waals surface area contributed by atoms with E-state index < -0.39 is 5.97 Å². The Labute approximate surface area is 153 Å². The molecule has 2 aromatic rings. The van der Waals surface area contributed by atoms with Crippen molar-refractivity contribution in [1.29, 1.82) is 0 Å². The fourth-order valence-electron chi connectivity index (χ4n) is 3.26. The van der Waals surface area contributed by atoms with E-state index in [1.807, 2.05) is 43.3 Å². The molecule has 134 valence electrons. The van der Waals surface area contributed by atoms with Gasteiger partial charge in [-0.05, 0) is 49.0 Å². The second kappa shape index (κ2) is 8.48. The maximum absolute atomic E-state index is 12.1. The number of nitrogens with one attached hydrogen (secondary N) is 1. The molecule has 0 saturated heterocycles. The molecule has 1 N–H and O–H groups in total. The van der Waals surface area contributed by atoms with E-state index in [0.717, 1.165) is 36.0 Å². The van der Waals surface area contributed by atoms with Crippen molar-refractivity contribution >= 4 is 18.0 Å². The van der Waals surface area contributed by atoms with E-state index in [9.17, 15) is 9.59 Å². The monoisotopic (exact) mass is 349 g/mol. The third kappa shape index (κ3) is 4.82. The first-order chi connectivity index (χ1) is 12.6. The minimum Gasteiger partial charge on any atom is -0.452 e. The Morgan fingerprint density at radius 1 is 1.19 bits per heavy atom. The minimum absolute atomic E-state index is 0.00557. The summed E-state index contributed by atoms with van der Waals surface area (Å²) in [6, 6.07) is 15.9. The second-order valence-corrected chi connectivity index (χ2v) is 6.57. The third-order valence-electron chi connectivity index (χ3n) is 4.50. The van der Waals surface area contributed by atoms with Gasteiger partial charge in [0.25, 0.3) is 5.91 Å².